The van der Waals surface area contributed by atoms with Crippen LogP contribution >= 0.6 is 31.9 Å². The van der Waals surface area contributed by atoms with E-state index >= 15 is 0 Å². The van der Waals surface area contributed by atoms with Crippen LogP contribution in [0.4, 0.5) is 0 Å². The van der Waals surface area contributed by atoms with Gasteiger partial charge < -0.3 is 5.32 Å². The predicted molar refractivity (Wildman–Crippen MR) is 89.4 cm³/mol. The molecule has 1 aliphatic carbocycles. The van der Waals surface area contributed by atoms with Crippen LogP contribution in [0.2, 0.25) is 0 Å². The highest BCUT2D eigenvalue weighted by molar-refractivity contribution is 9.11. The molecular formula is C16H23Br2N. The van der Waals surface area contributed by atoms with Crippen LogP contribution < -0.4 is 5.32 Å². The Hall–Kier alpha value is 0.140. The van der Waals surface area contributed by atoms with Gasteiger partial charge in [0.2, 0.25) is 0 Å². The molecule has 0 amide bonds. The molecule has 0 aromatic heterocycles. The maximum absolute atomic E-state index is 3.78. The Morgan fingerprint density at radius 2 is 1.79 bits per heavy atom. The number of nitrogens with one attached hydrogen (secondary N) is 1. The number of halogens is 2. The molecule has 0 radical (unpaired) electrons. The zero-order valence-electron chi connectivity index (χ0n) is 11.8. The van der Waals surface area contributed by atoms with Gasteiger partial charge in [0.05, 0.1) is 0 Å². The highest BCUT2D eigenvalue weighted by Crippen LogP contribution is 2.30. The van der Waals surface area contributed by atoms with Crippen LogP contribution in [0.5, 0.6) is 0 Å². The van der Waals surface area contributed by atoms with Gasteiger partial charge in [-0.3, -0.25) is 0 Å². The molecule has 0 saturated heterocycles. The van der Waals surface area contributed by atoms with Gasteiger partial charge in [-0.25, -0.2) is 0 Å². The summed E-state index contributed by atoms with van der Waals surface area (Å²) in [7, 11) is 0. The Kier molecular flexibility index (Phi) is 5.91. The van der Waals surface area contributed by atoms with E-state index in [4.69, 9.17) is 0 Å². The molecule has 1 aromatic carbocycles. The van der Waals surface area contributed by atoms with Gasteiger partial charge in [-0.1, -0.05) is 57.2 Å². The fourth-order valence-electron chi connectivity index (χ4n) is 3.11. The van der Waals surface area contributed by atoms with Gasteiger partial charge in [0, 0.05) is 21.0 Å². The lowest BCUT2D eigenvalue weighted by Gasteiger charge is -2.31. The van der Waals surface area contributed by atoms with Gasteiger partial charge in [0.15, 0.2) is 0 Å². The molecule has 0 bridgehead atoms. The summed E-state index contributed by atoms with van der Waals surface area (Å²) in [5.74, 6) is 0.852. The van der Waals surface area contributed by atoms with Gasteiger partial charge in [-0.2, -0.15) is 0 Å². The lowest BCUT2D eigenvalue weighted by Crippen LogP contribution is -2.36. The topological polar surface area (TPSA) is 12.0 Å². The second kappa shape index (κ2) is 7.24. The normalized spacial score (nSPS) is 20.2. The minimum absolute atomic E-state index is 0.388. The lowest BCUT2D eigenvalue weighted by atomic mass is 9.84. The van der Waals surface area contributed by atoms with E-state index in [-0.39, 0.29) is 0 Å². The van der Waals surface area contributed by atoms with Crippen LogP contribution in [0.15, 0.2) is 27.1 Å². The van der Waals surface area contributed by atoms with Crippen molar-refractivity contribution in [2.75, 3.05) is 0 Å². The lowest BCUT2D eigenvalue weighted by molar-refractivity contribution is 0.268. The first-order valence-electron chi connectivity index (χ1n) is 7.29. The first-order valence-corrected chi connectivity index (χ1v) is 8.87. The third-order valence-corrected chi connectivity index (χ3v) is 5.48. The fourth-order valence-corrected chi connectivity index (χ4v) is 4.50. The molecule has 1 unspecified atom stereocenters. The minimum atomic E-state index is 0.388. The summed E-state index contributed by atoms with van der Waals surface area (Å²) in [4.78, 5) is 0. The van der Waals surface area contributed by atoms with Crippen molar-refractivity contribution in [1.29, 1.82) is 0 Å². The van der Waals surface area contributed by atoms with Crippen molar-refractivity contribution >= 4 is 31.9 Å². The molecule has 1 nitrogen and oxygen atoms in total. The Morgan fingerprint density at radius 3 is 2.42 bits per heavy atom. The van der Waals surface area contributed by atoms with E-state index in [2.05, 4.69) is 69.2 Å². The van der Waals surface area contributed by atoms with Crippen molar-refractivity contribution in [3.63, 3.8) is 0 Å². The molecule has 19 heavy (non-hydrogen) atoms. The van der Waals surface area contributed by atoms with Crippen molar-refractivity contribution in [1.82, 2.24) is 5.32 Å². The highest BCUT2D eigenvalue weighted by Gasteiger charge is 2.22. The molecule has 1 saturated carbocycles. The molecule has 3 heteroatoms. The molecule has 1 aliphatic rings. The van der Waals surface area contributed by atoms with Crippen molar-refractivity contribution in [3.05, 3.63) is 32.7 Å². The summed E-state index contributed by atoms with van der Waals surface area (Å²) < 4.78 is 2.30. The molecule has 0 spiro atoms. The molecule has 0 aliphatic heterocycles. The zero-order valence-corrected chi connectivity index (χ0v) is 14.9. The average molecular weight is 389 g/mol. The Balaban J connectivity index is 1.97. The molecule has 106 valence electrons. The van der Waals surface area contributed by atoms with Gasteiger partial charge in [0.1, 0.15) is 0 Å². The van der Waals surface area contributed by atoms with Crippen LogP contribution in [0.25, 0.3) is 0 Å². The number of hydrogen-bond acceptors (Lipinski definition) is 1. The van der Waals surface area contributed by atoms with E-state index in [1.54, 1.807) is 0 Å². The van der Waals surface area contributed by atoms with Gasteiger partial charge in [-0.05, 0) is 50.3 Å². The fraction of sp³-hybridized carbons (Fsp3) is 0.625. The summed E-state index contributed by atoms with van der Waals surface area (Å²) in [6, 6.07) is 7.42. The summed E-state index contributed by atoms with van der Waals surface area (Å²) >= 11 is 7.17. The van der Waals surface area contributed by atoms with Crippen LogP contribution in [0.3, 0.4) is 0 Å². The van der Waals surface area contributed by atoms with Gasteiger partial charge in [-0.15, -0.1) is 0 Å². The Morgan fingerprint density at radius 1 is 1.11 bits per heavy atom. The predicted octanol–water partition coefficient (Wildman–Crippen LogP) is 5.83. The molecular weight excluding hydrogens is 366 g/mol. The quantitative estimate of drug-likeness (QED) is 0.683. The van der Waals surface area contributed by atoms with Crippen molar-refractivity contribution < 1.29 is 0 Å². The third-order valence-electron chi connectivity index (χ3n) is 4.30. The number of rotatable bonds is 4. The summed E-state index contributed by atoms with van der Waals surface area (Å²) in [5, 5.41) is 3.78. The van der Waals surface area contributed by atoms with E-state index < -0.39 is 0 Å². The molecule has 2 rings (SSSR count). The largest absolute Gasteiger partial charge is 0.307 e. The standard InChI is InChI=1S/C16H23Br2N/c1-11(13-6-4-3-5-7-13)19-12(2)15-9-8-14(17)10-16(15)18/h8-13,19H,3-7H2,1-2H3/t11-,12?/m1/s1. The SMILES string of the molecule is CC(N[C@H](C)C1CCCCC1)c1ccc(Br)cc1Br. The maximum atomic E-state index is 3.78. The van der Waals surface area contributed by atoms with E-state index in [0.29, 0.717) is 12.1 Å². The second-order valence-corrected chi connectivity index (χ2v) is 7.51. The third kappa shape index (κ3) is 4.30. The Labute approximate surface area is 133 Å². The van der Waals surface area contributed by atoms with Crippen LogP contribution in [-0.4, -0.2) is 6.04 Å². The van der Waals surface area contributed by atoms with Crippen LogP contribution in [0, 0.1) is 5.92 Å². The van der Waals surface area contributed by atoms with Crippen molar-refractivity contribution in [2.45, 2.75) is 58.0 Å². The van der Waals surface area contributed by atoms with E-state index in [0.717, 1.165) is 10.4 Å². The molecule has 2 atom stereocenters. The first-order chi connectivity index (χ1) is 9.08. The monoisotopic (exact) mass is 387 g/mol. The summed E-state index contributed by atoms with van der Waals surface area (Å²) in [5.41, 5.74) is 1.34. The smallest absolute Gasteiger partial charge is 0.0305 e. The Bertz CT molecular complexity index is 413. The van der Waals surface area contributed by atoms with Crippen molar-refractivity contribution in [3.8, 4) is 0 Å². The number of hydrogen-bond donors (Lipinski definition) is 1. The first kappa shape index (κ1) is 15.5. The van der Waals surface area contributed by atoms with E-state index in [1.807, 2.05) is 0 Å². The maximum Gasteiger partial charge on any atom is 0.0305 e. The minimum Gasteiger partial charge on any atom is -0.307 e. The molecule has 1 N–H and O–H groups in total. The molecule has 1 fully saturated rings. The molecule has 0 heterocycles. The van der Waals surface area contributed by atoms with Gasteiger partial charge in [0.25, 0.3) is 0 Å². The van der Waals surface area contributed by atoms with Gasteiger partial charge >= 0.3 is 0 Å². The van der Waals surface area contributed by atoms with Crippen molar-refractivity contribution in [2.24, 2.45) is 5.92 Å². The second-order valence-electron chi connectivity index (χ2n) is 5.74. The summed E-state index contributed by atoms with van der Waals surface area (Å²) in [6.45, 7) is 4.60. The van der Waals surface area contributed by atoms with E-state index in [9.17, 15) is 0 Å². The highest BCUT2D eigenvalue weighted by atomic mass is 79.9. The summed E-state index contributed by atoms with van der Waals surface area (Å²) in [6.07, 6.45) is 7.03. The number of benzene rings is 1. The average Bonchev–Trinajstić information content (AvgIpc) is 2.39. The van der Waals surface area contributed by atoms with Crippen LogP contribution in [-0.2, 0) is 0 Å². The van der Waals surface area contributed by atoms with Crippen LogP contribution in [0.1, 0.15) is 57.6 Å². The molecule has 1 aromatic rings. The zero-order chi connectivity index (χ0) is 13.8. The van der Waals surface area contributed by atoms with E-state index in [1.165, 1.54) is 42.1 Å².